The predicted octanol–water partition coefficient (Wildman–Crippen LogP) is 7.22. The van der Waals surface area contributed by atoms with E-state index in [-0.39, 0.29) is 11.5 Å². The van der Waals surface area contributed by atoms with Gasteiger partial charge < -0.3 is 10.2 Å². The van der Waals surface area contributed by atoms with Crippen molar-refractivity contribution in [1.29, 1.82) is 0 Å². The maximum Gasteiger partial charge on any atom is 0.0648 e. The second kappa shape index (κ2) is 6.77. The number of hydrogen-bond acceptors (Lipinski definition) is 2. The van der Waals surface area contributed by atoms with Crippen molar-refractivity contribution in [3.05, 3.63) is 0 Å². The summed E-state index contributed by atoms with van der Waals surface area (Å²) in [6.07, 6.45) is 12.3. The van der Waals surface area contributed by atoms with E-state index in [9.17, 15) is 10.2 Å². The lowest BCUT2D eigenvalue weighted by atomic mass is 9.31. The van der Waals surface area contributed by atoms with Gasteiger partial charge in [-0.2, -0.15) is 0 Å². The summed E-state index contributed by atoms with van der Waals surface area (Å²) < 4.78 is 0. The van der Waals surface area contributed by atoms with Crippen molar-refractivity contribution >= 4 is 0 Å². The molecule has 0 unspecified atom stereocenters. The molecule has 0 aromatic carbocycles. The number of hydrogen-bond donors (Lipinski definition) is 2. The quantitative estimate of drug-likeness (QED) is 0.414. The van der Waals surface area contributed by atoms with Crippen LogP contribution in [0.2, 0.25) is 0 Å². The average molecular weight is 445 g/mol. The van der Waals surface area contributed by atoms with Gasteiger partial charge in [0.2, 0.25) is 0 Å². The highest BCUT2D eigenvalue weighted by atomic mass is 16.3. The van der Waals surface area contributed by atoms with Gasteiger partial charge in [0.1, 0.15) is 0 Å². The van der Waals surface area contributed by atoms with Crippen molar-refractivity contribution in [3.63, 3.8) is 0 Å². The van der Waals surface area contributed by atoms with Gasteiger partial charge in [-0.25, -0.2) is 0 Å². The van der Waals surface area contributed by atoms with Crippen LogP contribution in [0.25, 0.3) is 0 Å². The zero-order valence-electron chi connectivity index (χ0n) is 22.4. The zero-order valence-corrected chi connectivity index (χ0v) is 22.4. The highest BCUT2D eigenvalue weighted by Crippen LogP contribution is 2.77. The van der Waals surface area contributed by atoms with Crippen LogP contribution in [0.15, 0.2) is 0 Å². The van der Waals surface area contributed by atoms with E-state index in [2.05, 4.69) is 55.4 Å². The first-order chi connectivity index (χ1) is 14.6. The van der Waals surface area contributed by atoms with E-state index in [1.165, 1.54) is 51.4 Å². The van der Waals surface area contributed by atoms with Crippen molar-refractivity contribution < 1.29 is 10.2 Å². The molecule has 0 spiro atoms. The normalized spacial score (nSPS) is 61.7. The van der Waals surface area contributed by atoms with Crippen LogP contribution in [0.5, 0.6) is 0 Å². The molecule has 2 nitrogen and oxygen atoms in total. The fourth-order valence-corrected chi connectivity index (χ4v) is 11.6. The molecule has 32 heavy (non-hydrogen) atoms. The highest BCUT2D eigenvalue weighted by molar-refractivity contribution is 5.19. The Hall–Kier alpha value is -0.0800. The van der Waals surface area contributed by atoms with Gasteiger partial charge in [-0.3, -0.25) is 0 Å². The number of aliphatic hydroxyl groups excluding tert-OH is 1. The molecule has 5 aliphatic carbocycles. The van der Waals surface area contributed by atoms with Crippen LogP contribution in [0.1, 0.15) is 120 Å². The first kappa shape index (κ1) is 23.7. The fraction of sp³-hybridized carbons (Fsp3) is 1.00. The molecule has 184 valence electrons. The Morgan fingerprint density at radius 2 is 1.31 bits per heavy atom. The second-order valence-corrected chi connectivity index (χ2v) is 15.4. The minimum atomic E-state index is -0.507. The molecule has 0 radical (unpaired) electrons. The molecule has 2 N–H and O–H groups in total. The summed E-state index contributed by atoms with van der Waals surface area (Å²) in [5, 5.41) is 22.2. The van der Waals surface area contributed by atoms with Crippen LogP contribution < -0.4 is 0 Å². The molecule has 5 rings (SSSR count). The molecule has 0 bridgehead atoms. The Morgan fingerprint density at radius 3 is 2.00 bits per heavy atom. The lowest BCUT2D eigenvalue weighted by molar-refractivity contribution is -0.264. The van der Waals surface area contributed by atoms with Crippen molar-refractivity contribution in [2.75, 3.05) is 0 Å². The Bertz CT molecular complexity index is 771. The smallest absolute Gasteiger partial charge is 0.0648 e. The van der Waals surface area contributed by atoms with Gasteiger partial charge in [0.15, 0.2) is 0 Å². The number of rotatable bonds is 0. The standard InChI is InChI=1S/C30H52O2/c1-19-24-20-9-10-22-27(5)13-12-23(31)25(2,3)21(27)11-14-29(22,7)28(20,6)17-15-26(24,4)16-18-30(19,8)32/h19-24,31-32H,9-18H2,1-8H3/t19-,20-,21+,22-,23+,24-,26+,27+,28-,29-,30+/m1/s1. The molecule has 11 atom stereocenters. The molecule has 5 fully saturated rings. The topological polar surface area (TPSA) is 40.5 Å². The molecule has 2 heteroatoms. The predicted molar refractivity (Wildman–Crippen MR) is 132 cm³/mol. The summed E-state index contributed by atoms with van der Waals surface area (Å²) >= 11 is 0. The van der Waals surface area contributed by atoms with Gasteiger partial charge >= 0.3 is 0 Å². The molecule has 5 saturated carbocycles. The van der Waals surface area contributed by atoms with Crippen LogP contribution in [0.3, 0.4) is 0 Å². The molecular weight excluding hydrogens is 392 g/mol. The van der Waals surface area contributed by atoms with E-state index in [0.717, 1.165) is 24.7 Å². The Balaban J connectivity index is 1.54. The van der Waals surface area contributed by atoms with Crippen LogP contribution in [-0.2, 0) is 0 Å². The summed E-state index contributed by atoms with van der Waals surface area (Å²) in [4.78, 5) is 0. The summed E-state index contributed by atoms with van der Waals surface area (Å²) in [5.74, 6) is 3.19. The number of aliphatic hydroxyl groups is 2. The van der Waals surface area contributed by atoms with Crippen LogP contribution >= 0.6 is 0 Å². The van der Waals surface area contributed by atoms with E-state index in [0.29, 0.717) is 39.4 Å². The Kier molecular flexibility index (Phi) is 5.01. The van der Waals surface area contributed by atoms with Gasteiger partial charge in [-0.1, -0.05) is 48.5 Å². The first-order valence-electron chi connectivity index (χ1n) is 14.0. The maximum atomic E-state index is 11.3. The second-order valence-electron chi connectivity index (χ2n) is 15.4. The SMILES string of the molecule is C[C@@H]1[C@@H]2[C@H]3CC[C@@H]4[C@@]5(C)CC[C@H](O)C(C)(C)[C@@H]5CC[C@@]4(C)[C@]3(C)CC[C@@]2(C)CC[C@]1(C)O. The van der Waals surface area contributed by atoms with Crippen molar-refractivity contribution in [3.8, 4) is 0 Å². The van der Waals surface area contributed by atoms with Gasteiger partial charge in [-0.05, 0) is 128 Å². The summed E-state index contributed by atoms with van der Waals surface area (Å²) in [5.41, 5.74) is 1.04. The van der Waals surface area contributed by atoms with E-state index in [1.54, 1.807) is 0 Å². The van der Waals surface area contributed by atoms with Crippen molar-refractivity contribution in [1.82, 2.24) is 0 Å². The molecule has 0 aliphatic heterocycles. The Morgan fingerprint density at radius 1 is 0.656 bits per heavy atom. The zero-order chi connectivity index (χ0) is 23.5. The van der Waals surface area contributed by atoms with Gasteiger partial charge in [0.25, 0.3) is 0 Å². The average Bonchev–Trinajstić information content (AvgIpc) is 2.70. The summed E-state index contributed by atoms with van der Waals surface area (Å²) in [6, 6.07) is 0. The minimum absolute atomic E-state index is 0.0355. The molecule has 0 aromatic rings. The molecule has 0 saturated heterocycles. The van der Waals surface area contributed by atoms with Gasteiger partial charge in [0.05, 0.1) is 11.7 Å². The summed E-state index contributed by atoms with van der Waals surface area (Å²) in [6.45, 7) is 19.8. The van der Waals surface area contributed by atoms with Crippen molar-refractivity contribution in [2.24, 2.45) is 56.7 Å². The lowest BCUT2D eigenvalue weighted by Crippen LogP contribution is -2.68. The third-order valence-corrected chi connectivity index (χ3v) is 14.1. The lowest BCUT2D eigenvalue weighted by Gasteiger charge is -2.74. The first-order valence-corrected chi connectivity index (χ1v) is 14.0. The largest absolute Gasteiger partial charge is 0.393 e. The minimum Gasteiger partial charge on any atom is -0.393 e. The molecule has 0 heterocycles. The molecule has 0 amide bonds. The summed E-state index contributed by atoms with van der Waals surface area (Å²) in [7, 11) is 0. The van der Waals surface area contributed by atoms with Crippen LogP contribution in [-0.4, -0.2) is 21.9 Å². The third kappa shape index (κ3) is 2.72. The van der Waals surface area contributed by atoms with E-state index in [1.807, 2.05) is 0 Å². The van der Waals surface area contributed by atoms with E-state index < -0.39 is 5.60 Å². The van der Waals surface area contributed by atoms with E-state index >= 15 is 0 Å². The van der Waals surface area contributed by atoms with Crippen molar-refractivity contribution in [2.45, 2.75) is 131 Å². The molecular formula is C30H52O2. The van der Waals surface area contributed by atoms with Gasteiger partial charge in [0, 0.05) is 0 Å². The number of fused-ring (bicyclic) bond motifs is 7. The van der Waals surface area contributed by atoms with Crippen LogP contribution in [0.4, 0.5) is 0 Å². The monoisotopic (exact) mass is 444 g/mol. The van der Waals surface area contributed by atoms with E-state index in [4.69, 9.17) is 0 Å². The highest BCUT2D eigenvalue weighted by Gasteiger charge is 2.70. The third-order valence-electron chi connectivity index (χ3n) is 14.1. The van der Waals surface area contributed by atoms with Crippen LogP contribution in [0, 0.1) is 56.7 Å². The Labute approximate surface area is 198 Å². The van der Waals surface area contributed by atoms with Gasteiger partial charge in [-0.15, -0.1) is 0 Å². The fourth-order valence-electron chi connectivity index (χ4n) is 11.6. The molecule has 5 aliphatic rings. The molecule has 0 aromatic heterocycles. The maximum absolute atomic E-state index is 11.3.